The van der Waals surface area contributed by atoms with Crippen LogP contribution in [0.3, 0.4) is 0 Å². The number of hydrogen-bond donors (Lipinski definition) is 1. The van der Waals surface area contributed by atoms with Crippen LogP contribution in [0.5, 0.6) is 0 Å². The molecule has 0 saturated carbocycles. The van der Waals surface area contributed by atoms with Gasteiger partial charge in [-0.3, -0.25) is 9.67 Å². The van der Waals surface area contributed by atoms with Crippen molar-refractivity contribution in [3.05, 3.63) is 30.6 Å². The number of pyridine rings is 1. The van der Waals surface area contributed by atoms with Crippen LogP contribution in [0.25, 0.3) is 11.4 Å². The van der Waals surface area contributed by atoms with Crippen LogP contribution in [-0.4, -0.2) is 14.8 Å². The third-order valence-corrected chi connectivity index (χ3v) is 1.87. The fourth-order valence-corrected chi connectivity index (χ4v) is 1.21. The molecule has 0 aromatic carbocycles. The Kier molecular flexibility index (Phi) is 1.73. The van der Waals surface area contributed by atoms with E-state index in [1.807, 2.05) is 19.2 Å². The van der Waals surface area contributed by atoms with Gasteiger partial charge in [0, 0.05) is 25.1 Å². The summed E-state index contributed by atoms with van der Waals surface area (Å²) in [4.78, 5) is 4.20. The summed E-state index contributed by atoms with van der Waals surface area (Å²) in [5.74, 6) is 0. The highest BCUT2D eigenvalue weighted by atomic mass is 15.3. The smallest absolute Gasteiger partial charge is 0.0903 e. The van der Waals surface area contributed by atoms with E-state index >= 15 is 0 Å². The lowest BCUT2D eigenvalue weighted by atomic mass is 10.2. The lowest BCUT2D eigenvalue weighted by Gasteiger charge is -2.01. The van der Waals surface area contributed by atoms with E-state index in [-0.39, 0.29) is 0 Å². The fraction of sp³-hybridized carbons (Fsp3) is 0.111. The lowest BCUT2D eigenvalue weighted by molar-refractivity contribution is 0.773. The van der Waals surface area contributed by atoms with Gasteiger partial charge in [-0.1, -0.05) is 0 Å². The van der Waals surface area contributed by atoms with Gasteiger partial charge in [-0.2, -0.15) is 5.10 Å². The molecule has 4 heteroatoms. The highest BCUT2D eigenvalue weighted by Crippen LogP contribution is 2.16. The molecule has 0 aliphatic rings. The fourth-order valence-electron chi connectivity index (χ4n) is 1.21. The molecule has 0 spiro atoms. The lowest BCUT2D eigenvalue weighted by Crippen LogP contribution is -1.95. The molecule has 2 aromatic rings. The van der Waals surface area contributed by atoms with Crippen molar-refractivity contribution >= 4 is 5.69 Å². The Morgan fingerprint density at radius 2 is 2.15 bits per heavy atom. The first-order chi connectivity index (χ1) is 6.27. The Morgan fingerprint density at radius 3 is 2.77 bits per heavy atom. The van der Waals surface area contributed by atoms with E-state index in [4.69, 9.17) is 5.73 Å². The summed E-state index contributed by atoms with van der Waals surface area (Å²) < 4.78 is 1.77. The van der Waals surface area contributed by atoms with Crippen molar-refractivity contribution in [2.45, 2.75) is 0 Å². The second kappa shape index (κ2) is 2.90. The molecule has 0 fully saturated rings. The third kappa shape index (κ3) is 1.38. The molecule has 0 saturated heterocycles. The Morgan fingerprint density at radius 1 is 1.31 bits per heavy atom. The molecule has 2 aromatic heterocycles. The summed E-state index contributed by atoms with van der Waals surface area (Å²) in [7, 11) is 1.88. The maximum absolute atomic E-state index is 5.65. The van der Waals surface area contributed by atoms with Crippen LogP contribution in [0.1, 0.15) is 0 Å². The van der Waals surface area contributed by atoms with Crippen molar-refractivity contribution in [2.24, 2.45) is 7.05 Å². The molecule has 2 heterocycles. The molecule has 2 N–H and O–H groups in total. The van der Waals surface area contributed by atoms with E-state index in [1.54, 1.807) is 23.1 Å². The van der Waals surface area contributed by atoms with Crippen LogP contribution in [0.15, 0.2) is 30.6 Å². The first-order valence-corrected chi connectivity index (χ1v) is 3.97. The molecule has 2 rings (SSSR count). The van der Waals surface area contributed by atoms with Crippen LogP contribution in [0.4, 0.5) is 5.69 Å². The molecular weight excluding hydrogens is 164 g/mol. The van der Waals surface area contributed by atoms with E-state index in [1.165, 1.54) is 0 Å². The number of aryl methyl sites for hydroxylation is 1. The molecule has 0 aliphatic heterocycles. The first-order valence-electron chi connectivity index (χ1n) is 3.97. The van der Waals surface area contributed by atoms with E-state index in [0.29, 0.717) is 5.69 Å². The molecule has 0 aliphatic carbocycles. The quantitative estimate of drug-likeness (QED) is 0.703. The minimum absolute atomic E-state index is 0.714. The second-order valence-corrected chi connectivity index (χ2v) is 2.81. The minimum Gasteiger partial charge on any atom is -0.399 e. The molecular formula is C9H10N4. The largest absolute Gasteiger partial charge is 0.399 e. The number of nitrogen functional groups attached to an aromatic ring is 1. The SMILES string of the molecule is Cn1nccc1-c1cc(N)ccn1. The maximum atomic E-state index is 5.65. The standard InChI is InChI=1S/C9H10N4/c1-13-9(3-5-12-13)8-6-7(10)2-4-11-8/h2-6H,1H3,(H2,10,11). The molecule has 0 unspecified atom stereocenters. The van der Waals surface area contributed by atoms with Gasteiger partial charge in [0.15, 0.2) is 0 Å². The van der Waals surface area contributed by atoms with E-state index < -0.39 is 0 Å². The Balaban J connectivity index is 2.53. The summed E-state index contributed by atoms with van der Waals surface area (Å²) in [5, 5.41) is 4.06. The van der Waals surface area contributed by atoms with Gasteiger partial charge in [-0.25, -0.2) is 0 Å². The average Bonchev–Trinajstić information content (AvgIpc) is 2.51. The highest BCUT2D eigenvalue weighted by molar-refractivity contribution is 5.59. The van der Waals surface area contributed by atoms with Crippen LogP contribution in [0.2, 0.25) is 0 Å². The van der Waals surface area contributed by atoms with Crippen LogP contribution in [-0.2, 0) is 7.05 Å². The van der Waals surface area contributed by atoms with E-state index in [2.05, 4.69) is 10.1 Å². The van der Waals surface area contributed by atoms with Gasteiger partial charge >= 0.3 is 0 Å². The molecule has 66 valence electrons. The molecule has 0 atom stereocenters. The molecule has 0 amide bonds. The van der Waals surface area contributed by atoms with Gasteiger partial charge in [-0.15, -0.1) is 0 Å². The van der Waals surface area contributed by atoms with E-state index in [0.717, 1.165) is 11.4 Å². The monoisotopic (exact) mass is 174 g/mol. The molecule has 4 nitrogen and oxygen atoms in total. The van der Waals surface area contributed by atoms with Crippen LogP contribution < -0.4 is 5.73 Å². The summed E-state index contributed by atoms with van der Waals surface area (Å²) in [6.07, 6.45) is 3.43. The van der Waals surface area contributed by atoms with Crippen molar-refractivity contribution in [3.63, 3.8) is 0 Å². The van der Waals surface area contributed by atoms with Gasteiger partial charge in [-0.05, 0) is 18.2 Å². The number of hydrogen-bond acceptors (Lipinski definition) is 3. The second-order valence-electron chi connectivity index (χ2n) is 2.81. The van der Waals surface area contributed by atoms with Crippen molar-refractivity contribution in [2.75, 3.05) is 5.73 Å². The zero-order valence-electron chi connectivity index (χ0n) is 7.31. The Labute approximate surface area is 76.0 Å². The van der Waals surface area contributed by atoms with Crippen molar-refractivity contribution < 1.29 is 0 Å². The minimum atomic E-state index is 0.714. The predicted octanol–water partition coefficient (Wildman–Crippen LogP) is 1.06. The number of aromatic nitrogens is 3. The number of nitrogens with two attached hydrogens (primary N) is 1. The third-order valence-electron chi connectivity index (χ3n) is 1.87. The normalized spacial score (nSPS) is 10.2. The summed E-state index contributed by atoms with van der Waals surface area (Å²) >= 11 is 0. The van der Waals surface area contributed by atoms with Crippen molar-refractivity contribution in [1.29, 1.82) is 0 Å². The maximum Gasteiger partial charge on any atom is 0.0903 e. The zero-order valence-corrected chi connectivity index (χ0v) is 7.31. The number of nitrogens with zero attached hydrogens (tertiary/aromatic N) is 3. The van der Waals surface area contributed by atoms with Crippen molar-refractivity contribution in [3.8, 4) is 11.4 Å². The Bertz CT molecular complexity index is 419. The average molecular weight is 174 g/mol. The van der Waals surface area contributed by atoms with Gasteiger partial charge < -0.3 is 5.73 Å². The predicted molar refractivity (Wildman–Crippen MR) is 50.9 cm³/mol. The zero-order chi connectivity index (χ0) is 9.26. The van der Waals surface area contributed by atoms with Crippen molar-refractivity contribution in [1.82, 2.24) is 14.8 Å². The van der Waals surface area contributed by atoms with Gasteiger partial charge in [0.05, 0.1) is 11.4 Å². The molecule has 0 radical (unpaired) electrons. The topological polar surface area (TPSA) is 56.7 Å². The van der Waals surface area contributed by atoms with Crippen LogP contribution in [0, 0.1) is 0 Å². The summed E-state index contributed by atoms with van der Waals surface area (Å²) in [6.45, 7) is 0. The Hall–Kier alpha value is -1.84. The number of rotatable bonds is 1. The van der Waals surface area contributed by atoms with Crippen LogP contribution >= 0.6 is 0 Å². The molecule has 0 bridgehead atoms. The summed E-state index contributed by atoms with van der Waals surface area (Å²) in [5.41, 5.74) is 8.17. The van der Waals surface area contributed by atoms with E-state index in [9.17, 15) is 0 Å². The number of anilines is 1. The first kappa shape index (κ1) is 7.79. The van der Waals surface area contributed by atoms with Gasteiger partial charge in [0.1, 0.15) is 0 Å². The van der Waals surface area contributed by atoms with Gasteiger partial charge in [0.2, 0.25) is 0 Å². The van der Waals surface area contributed by atoms with Gasteiger partial charge in [0.25, 0.3) is 0 Å². The molecule has 13 heavy (non-hydrogen) atoms. The summed E-state index contributed by atoms with van der Waals surface area (Å²) in [6, 6.07) is 5.50. The highest BCUT2D eigenvalue weighted by Gasteiger charge is 2.02.